The third kappa shape index (κ3) is 6.13. The highest BCUT2D eigenvalue weighted by Gasteiger charge is 2.35. The molecule has 0 saturated carbocycles. The van der Waals surface area contributed by atoms with Gasteiger partial charge in [-0.05, 0) is 43.5 Å². The van der Waals surface area contributed by atoms with Gasteiger partial charge in [0.25, 0.3) is 5.91 Å². The highest BCUT2D eigenvalue weighted by Crippen LogP contribution is 2.34. The zero-order valence-electron chi connectivity index (χ0n) is 22.7. The Morgan fingerprint density at radius 2 is 1.84 bits per heavy atom. The number of aliphatic hydroxyl groups is 1. The Balaban J connectivity index is 1.23. The van der Waals surface area contributed by atoms with Gasteiger partial charge in [0.15, 0.2) is 0 Å². The number of likely N-dealkylation sites (tertiary alicyclic amines) is 1. The largest absolute Gasteiger partial charge is 0.490 e. The fourth-order valence-electron chi connectivity index (χ4n) is 5.82. The molecular formula is C30H39N3O5. The molecule has 0 aliphatic carbocycles. The van der Waals surface area contributed by atoms with Gasteiger partial charge in [-0.25, -0.2) is 0 Å². The van der Waals surface area contributed by atoms with Crippen molar-refractivity contribution in [2.45, 2.75) is 64.4 Å². The first kappa shape index (κ1) is 26.5. The second-order valence-electron chi connectivity index (χ2n) is 11.4. The first-order valence-electron chi connectivity index (χ1n) is 13.7. The summed E-state index contributed by atoms with van der Waals surface area (Å²) in [5.41, 5.74) is 2.54. The molecule has 3 aliphatic rings. The Bertz CT molecular complexity index is 1170. The molecule has 8 heteroatoms. The zero-order valence-corrected chi connectivity index (χ0v) is 22.7. The molecule has 1 atom stereocenters. The SMILES string of the molecule is CC(=O)N1CCC(Oc2ccc3c(c2)OC(C)(C)CN(C[C@H](O)CN2CCc4ccccc4C2)C3=O)CC1. The van der Waals surface area contributed by atoms with Crippen molar-refractivity contribution in [3.8, 4) is 11.5 Å². The van der Waals surface area contributed by atoms with Crippen LogP contribution in [0.1, 0.15) is 55.1 Å². The van der Waals surface area contributed by atoms with Gasteiger partial charge in [0.1, 0.15) is 23.2 Å². The number of aliphatic hydroxyl groups excluding tert-OH is 1. The molecule has 2 amide bonds. The van der Waals surface area contributed by atoms with Crippen LogP contribution in [0, 0.1) is 0 Å². The molecule has 8 nitrogen and oxygen atoms in total. The quantitative estimate of drug-likeness (QED) is 0.629. The van der Waals surface area contributed by atoms with E-state index in [4.69, 9.17) is 9.47 Å². The van der Waals surface area contributed by atoms with Crippen molar-refractivity contribution >= 4 is 11.8 Å². The van der Waals surface area contributed by atoms with Crippen molar-refractivity contribution in [3.63, 3.8) is 0 Å². The molecule has 2 aromatic carbocycles. The summed E-state index contributed by atoms with van der Waals surface area (Å²) in [6.07, 6.45) is 1.88. The topological polar surface area (TPSA) is 82.6 Å². The number of hydrogen-bond acceptors (Lipinski definition) is 6. The summed E-state index contributed by atoms with van der Waals surface area (Å²) in [5.74, 6) is 1.12. The molecule has 1 saturated heterocycles. The molecule has 38 heavy (non-hydrogen) atoms. The molecule has 0 unspecified atom stereocenters. The van der Waals surface area contributed by atoms with E-state index in [9.17, 15) is 14.7 Å². The average Bonchev–Trinajstić information content (AvgIpc) is 2.96. The fourth-order valence-corrected chi connectivity index (χ4v) is 5.82. The van der Waals surface area contributed by atoms with Gasteiger partial charge in [-0.1, -0.05) is 24.3 Å². The molecule has 3 heterocycles. The standard InChI is InChI=1S/C30H39N3O5/c1-21(34)32-14-11-25(12-15-32)37-26-8-9-27-28(16-26)38-30(2,3)20-33(29(27)36)19-24(35)18-31-13-10-22-6-4-5-7-23(22)17-31/h4-9,16,24-25,35H,10-15,17-20H2,1-3H3/t24-/m1/s1. The molecule has 2 aromatic rings. The minimum Gasteiger partial charge on any atom is -0.490 e. The Morgan fingerprint density at radius 1 is 1.11 bits per heavy atom. The minimum atomic E-state index is -0.662. The van der Waals surface area contributed by atoms with Crippen LogP contribution >= 0.6 is 0 Å². The normalized spacial score (nSPS) is 20.7. The molecule has 3 aliphatic heterocycles. The van der Waals surface area contributed by atoms with Crippen molar-refractivity contribution in [2.24, 2.45) is 0 Å². The number of hydrogen-bond donors (Lipinski definition) is 1. The number of β-amino-alcohol motifs (C(OH)–C–C–N with tert-alkyl or cyclic N) is 1. The predicted molar refractivity (Wildman–Crippen MR) is 144 cm³/mol. The van der Waals surface area contributed by atoms with Crippen LogP contribution in [0.5, 0.6) is 11.5 Å². The summed E-state index contributed by atoms with van der Waals surface area (Å²) < 4.78 is 12.5. The van der Waals surface area contributed by atoms with Crippen molar-refractivity contribution in [1.29, 1.82) is 0 Å². The zero-order chi connectivity index (χ0) is 26.9. The molecule has 0 aromatic heterocycles. The van der Waals surface area contributed by atoms with Gasteiger partial charge in [-0.15, -0.1) is 0 Å². The van der Waals surface area contributed by atoms with Gasteiger partial charge >= 0.3 is 0 Å². The van der Waals surface area contributed by atoms with Crippen molar-refractivity contribution < 1.29 is 24.2 Å². The van der Waals surface area contributed by atoms with Crippen LogP contribution in [-0.4, -0.2) is 88.7 Å². The first-order valence-corrected chi connectivity index (χ1v) is 13.7. The lowest BCUT2D eigenvalue weighted by Gasteiger charge is -2.33. The summed E-state index contributed by atoms with van der Waals surface area (Å²) in [6, 6.07) is 13.8. The lowest BCUT2D eigenvalue weighted by Crippen LogP contribution is -2.48. The van der Waals surface area contributed by atoms with Crippen LogP contribution < -0.4 is 9.47 Å². The summed E-state index contributed by atoms with van der Waals surface area (Å²) >= 11 is 0. The highest BCUT2D eigenvalue weighted by atomic mass is 16.5. The summed E-state index contributed by atoms with van der Waals surface area (Å²) in [4.78, 5) is 31.0. The van der Waals surface area contributed by atoms with Crippen LogP contribution in [-0.2, 0) is 17.8 Å². The van der Waals surface area contributed by atoms with Crippen molar-refractivity contribution in [2.75, 3.05) is 39.3 Å². The van der Waals surface area contributed by atoms with E-state index >= 15 is 0 Å². The van der Waals surface area contributed by atoms with E-state index in [1.54, 1.807) is 24.0 Å². The third-order valence-electron chi connectivity index (χ3n) is 7.73. The third-order valence-corrected chi connectivity index (χ3v) is 7.73. The van der Waals surface area contributed by atoms with E-state index in [1.165, 1.54) is 11.1 Å². The Kier molecular flexibility index (Phi) is 7.63. The van der Waals surface area contributed by atoms with E-state index in [1.807, 2.05) is 24.8 Å². The van der Waals surface area contributed by atoms with E-state index < -0.39 is 11.7 Å². The van der Waals surface area contributed by atoms with E-state index in [0.717, 1.165) is 32.4 Å². The number of nitrogens with zero attached hydrogens (tertiary/aromatic N) is 3. The van der Waals surface area contributed by atoms with Crippen LogP contribution in [0.15, 0.2) is 42.5 Å². The van der Waals surface area contributed by atoms with E-state index in [2.05, 4.69) is 29.2 Å². The van der Waals surface area contributed by atoms with Gasteiger partial charge in [-0.3, -0.25) is 14.5 Å². The van der Waals surface area contributed by atoms with E-state index in [0.29, 0.717) is 43.2 Å². The maximum absolute atomic E-state index is 13.6. The molecule has 1 N–H and O–H groups in total. The fraction of sp³-hybridized carbons (Fsp3) is 0.533. The number of benzene rings is 2. The van der Waals surface area contributed by atoms with Gasteiger partial charge in [0.05, 0.1) is 18.2 Å². The maximum atomic E-state index is 13.6. The Hall–Kier alpha value is -3.10. The number of piperidine rings is 1. The molecule has 1 fully saturated rings. The van der Waals surface area contributed by atoms with E-state index in [-0.39, 0.29) is 24.5 Å². The number of carbonyl (C=O) groups excluding carboxylic acids is 2. The number of fused-ring (bicyclic) bond motifs is 2. The summed E-state index contributed by atoms with van der Waals surface area (Å²) in [5, 5.41) is 11.0. The number of rotatable bonds is 6. The maximum Gasteiger partial charge on any atom is 0.257 e. The number of amides is 2. The molecule has 204 valence electrons. The second-order valence-corrected chi connectivity index (χ2v) is 11.4. The van der Waals surface area contributed by atoms with Crippen molar-refractivity contribution in [3.05, 3.63) is 59.2 Å². The monoisotopic (exact) mass is 521 g/mol. The number of ether oxygens (including phenoxy) is 2. The second kappa shape index (κ2) is 10.9. The van der Waals surface area contributed by atoms with Gasteiger partial charge in [-0.2, -0.15) is 0 Å². The van der Waals surface area contributed by atoms with Crippen LogP contribution in [0.2, 0.25) is 0 Å². The molecule has 0 spiro atoms. The number of carbonyl (C=O) groups is 2. The lowest BCUT2D eigenvalue weighted by atomic mass is 9.99. The Labute approximate surface area is 225 Å². The average molecular weight is 522 g/mol. The summed E-state index contributed by atoms with van der Waals surface area (Å²) in [6.45, 7) is 9.74. The minimum absolute atomic E-state index is 0.0199. The summed E-state index contributed by atoms with van der Waals surface area (Å²) in [7, 11) is 0. The molecular weight excluding hydrogens is 482 g/mol. The van der Waals surface area contributed by atoms with Crippen LogP contribution in [0.25, 0.3) is 0 Å². The highest BCUT2D eigenvalue weighted by molar-refractivity contribution is 5.97. The van der Waals surface area contributed by atoms with Gasteiger partial charge in [0.2, 0.25) is 5.91 Å². The molecule has 5 rings (SSSR count). The predicted octanol–water partition coefficient (Wildman–Crippen LogP) is 3.11. The van der Waals surface area contributed by atoms with Crippen molar-refractivity contribution in [1.82, 2.24) is 14.7 Å². The lowest BCUT2D eigenvalue weighted by molar-refractivity contribution is -0.130. The van der Waals surface area contributed by atoms with Gasteiger partial charge in [0, 0.05) is 65.1 Å². The molecule has 0 radical (unpaired) electrons. The van der Waals surface area contributed by atoms with Gasteiger partial charge < -0.3 is 24.4 Å². The Morgan fingerprint density at radius 3 is 2.58 bits per heavy atom. The smallest absolute Gasteiger partial charge is 0.257 e. The van der Waals surface area contributed by atoms with Crippen LogP contribution in [0.4, 0.5) is 0 Å². The first-order chi connectivity index (χ1) is 18.2. The van der Waals surface area contributed by atoms with Crippen LogP contribution in [0.3, 0.4) is 0 Å². The molecule has 0 bridgehead atoms.